The van der Waals surface area contributed by atoms with Crippen LogP contribution in [0.15, 0.2) is 53.0 Å². The predicted octanol–water partition coefficient (Wildman–Crippen LogP) is 2.95. The van der Waals surface area contributed by atoms with Crippen molar-refractivity contribution in [3.05, 3.63) is 64.1 Å². The predicted molar refractivity (Wildman–Crippen MR) is 97.8 cm³/mol. The van der Waals surface area contributed by atoms with Crippen LogP contribution in [0.1, 0.15) is 11.1 Å². The van der Waals surface area contributed by atoms with Crippen LogP contribution in [0, 0.1) is 0 Å². The van der Waals surface area contributed by atoms with Gasteiger partial charge in [-0.3, -0.25) is 0 Å². The summed E-state index contributed by atoms with van der Waals surface area (Å²) < 4.78 is 6.38. The van der Waals surface area contributed by atoms with Gasteiger partial charge in [-0.25, -0.2) is 9.59 Å². The van der Waals surface area contributed by atoms with Gasteiger partial charge in [-0.1, -0.05) is 46.3 Å². The fraction of sp³-hybridized carbons (Fsp3) is 0.222. The quantitative estimate of drug-likeness (QED) is 0.501. The molecule has 0 spiro atoms. The lowest BCUT2D eigenvalue weighted by atomic mass is 10.1. The lowest BCUT2D eigenvalue weighted by Crippen LogP contribution is -2.16. The summed E-state index contributed by atoms with van der Waals surface area (Å²) in [6.45, 7) is 1.83. The smallest absolute Gasteiger partial charge is 0.414 e. The SMILES string of the molecule is COc1cccc(CCNCc2ccccc2Br)c1.O=C(O)C(=O)O. The van der Waals surface area contributed by atoms with E-state index in [0.29, 0.717) is 0 Å². The molecule has 0 heterocycles. The van der Waals surface area contributed by atoms with E-state index in [9.17, 15) is 0 Å². The summed E-state index contributed by atoms with van der Waals surface area (Å²) in [6, 6.07) is 16.5. The number of carboxylic acids is 2. The molecular weight excluding hydrogens is 390 g/mol. The first kappa shape index (κ1) is 20.7. The standard InChI is InChI=1S/C16H18BrNO.C2H2O4/c1-19-15-7-4-5-13(11-15)9-10-18-12-14-6-2-3-8-16(14)17;3-1(4)2(5)6/h2-8,11,18H,9-10,12H2,1H3;(H,3,4)(H,5,6). The van der Waals surface area contributed by atoms with Crippen molar-refractivity contribution in [2.24, 2.45) is 0 Å². The van der Waals surface area contributed by atoms with E-state index in [1.807, 2.05) is 18.2 Å². The van der Waals surface area contributed by atoms with Crippen molar-refractivity contribution in [1.82, 2.24) is 5.32 Å². The molecule has 2 aromatic rings. The maximum absolute atomic E-state index is 9.10. The Morgan fingerprint density at radius 3 is 2.36 bits per heavy atom. The molecule has 0 aliphatic carbocycles. The number of nitrogens with one attached hydrogen (secondary N) is 1. The van der Waals surface area contributed by atoms with E-state index in [1.54, 1.807) is 7.11 Å². The number of carbonyl (C=O) groups is 2. The van der Waals surface area contributed by atoms with Gasteiger partial charge in [0, 0.05) is 11.0 Å². The minimum atomic E-state index is -1.82. The van der Waals surface area contributed by atoms with Gasteiger partial charge < -0.3 is 20.3 Å². The number of ether oxygens (including phenoxy) is 1. The maximum atomic E-state index is 9.10. The molecule has 3 N–H and O–H groups in total. The van der Waals surface area contributed by atoms with E-state index in [0.717, 1.165) is 29.7 Å². The molecule has 134 valence electrons. The molecule has 0 amide bonds. The highest BCUT2D eigenvalue weighted by molar-refractivity contribution is 9.10. The lowest BCUT2D eigenvalue weighted by Gasteiger charge is -2.07. The van der Waals surface area contributed by atoms with Gasteiger partial charge in [-0.15, -0.1) is 0 Å². The first-order valence-electron chi connectivity index (χ1n) is 7.47. The summed E-state index contributed by atoms with van der Waals surface area (Å²) in [7, 11) is 1.70. The molecule has 0 bridgehead atoms. The van der Waals surface area contributed by atoms with Gasteiger partial charge in [0.25, 0.3) is 0 Å². The van der Waals surface area contributed by atoms with Crippen LogP contribution in [0.3, 0.4) is 0 Å². The second kappa shape index (κ2) is 11.2. The number of methoxy groups -OCH3 is 1. The highest BCUT2D eigenvalue weighted by Gasteiger charge is 2.04. The Hall–Kier alpha value is -2.38. The molecule has 7 heteroatoms. The van der Waals surface area contributed by atoms with E-state index in [1.165, 1.54) is 11.1 Å². The van der Waals surface area contributed by atoms with Gasteiger partial charge in [-0.05, 0) is 42.3 Å². The van der Waals surface area contributed by atoms with E-state index in [4.69, 9.17) is 24.5 Å². The van der Waals surface area contributed by atoms with Crippen LogP contribution in [-0.4, -0.2) is 35.8 Å². The van der Waals surface area contributed by atoms with Crippen molar-refractivity contribution in [2.45, 2.75) is 13.0 Å². The first-order valence-corrected chi connectivity index (χ1v) is 8.26. The van der Waals surface area contributed by atoms with Crippen LogP contribution in [0.2, 0.25) is 0 Å². The van der Waals surface area contributed by atoms with Crippen molar-refractivity contribution in [2.75, 3.05) is 13.7 Å². The Kier molecular flexibility index (Phi) is 9.28. The minimum Gasteiger partial charge on any atom is -0.497 e. The monoisotopic (exact) mass is 409 g/mol. The number of aliphatic carboxylic acids is 2. The zero-order chi connectivity index (χ0) is 18.7. The number of halogens is 1. The van der Waals surface area contributed by atoms with E-state index in [2.05, 4.69) is 51.6 Å². The number of hydrogen-bond acceptors (Lipinski definition) is 4. The van der Waals surface area contributed by atoms with Gasteiger partial charge in [-0.2, -0.15) is 0 Å². The second-order valence-electron chi connectivity index (χ2n) is 4.98. The third-order valence-electron chi connectivity index (χ3n) is 3.18. The molecule has 0 aromatic heterocycles. The topological polar surface area (TPSA) is 95.9 Å². The van der Waals surface area contributed by atoms with Crippen LogP contribution in [0.25, 0.3) is 0 Å². The molecule has 2 aromatic carbocycles. The summed E-state index contributed by atoms with van der Waals surface area (Å²) in [5.74, 6) is -2.73. The first-order chi connectivity index (χ1) is 11.9. The molecule has 0 saturated heterocycles. The van der Waals surface area contributed by atoms with E-state index < -0.39 is 11.9 Å². The third kappa shape index (κ3) is 8.32. The van der Waals surface area contributed by atoms with Crippen molar-refractivity contribution >= 4 is 27.9 Å². The molecule has 0 aliphatic rings. The molecule has 6 nitrogen and oxygen atoms in total. The van der Waals surface area contributed by atoms with Gasteiger partial charge in [0.1, 0.15) is 5.75 Å². The Bertz CT molecular complexity index is 693. The number of rotatable bonds is 6. The summed E-state index contributed by atoms with van der Waals surface area (Å²) in [5, 5.41) is 18.2. The average Bonchev–Trinajstić information content (AvgIpc) is 2.61. The highest BCUT2D eigenvalue weighted by atomic mass is 79.9. The minimum absolute atomic E-state index is 0.880. The van der Waals surface area contributed by atoms with E-state index in [-0.39, 0.29) is 0 Å². The fourth-order valence-corrected chi connectivity index (χ4v) is 2.35. The Morgan fingerprint density at radius 2 is 1.76 bits per heavy atom. The zero-order valence-electron chi connectivity index (χ0n) is 13.7. The van der Waals surface area contributed by atoms with Crippen molar-refractivity contribution < 1.29 is 24.5 Å². The van der Waals surface area contributed by atoms with Crippen molar-refractivity contribution in [3.8, 4) is 5.75 Å². The maximum Gasteiger partial charge on any atom is 0.414 e. The molecule has 0 fully saturated rings. The lowest BCUT2D eigenvalue weighted by molar-refractivity contribution is -0.159. The van der Waals surface area contributed by atoms with Gasteiger partial charge in [0.05, 0.1) is 7.11 Å². The summed E-state index contributed by atoms with van der Waals surface area (Å²) in [6.07, 6.45) is 1.00. The van der Waals surface area contributed by atoms with Crippen molar-refractivity contribution in [3.63, 3.8) is 0 Å². The Balaban J connectivity index is 0.000000450. The zero-order valence-corrected chi connectivity index (χ0v) is 15.3. The summed E-state index contributed by atoms with van der Waals surface area (Å²) >= 11 is 3.56. The summed E-state index contributed by atoms with van der Waals surface area (Å²) in [5.41, 5.74) is 2.58. The molecule has 0 unspecified atom stereocenters. The third-order valence-corrected chi connectivity index (χ3v) is 3.95. The number of benzene rings is 2. The molecule has 2 rings (SSSR count). The van der Waals surface area contributed by atoms with Crippen LogP contribution < -0.4 is 10.1 Å². The average molecular weight is 410 g/mol. The van der Waals surface area contributed by atoms with E-state index >= 15 is 0 Å². The van der Waals surface area contributed by atoms with Crippen LogP contribution in [0.4, 0.5) is 0 Å². The molecule has 0 saturated carbocycles. The van der Waals surface area contributed by atoms with Gasteiger partial charge >= 0.3 is 11.9 Å². The molecular formula is C18H20BrNO5. The van der Waals surface area contributed by atoms with Gasteiger partial charge in [0.15, 0.2) is 0 Å². The molecule has 25 heavy (non-hydrogen) atoms. The normalized spacial score (nSPS) is 9.68. The van der Waals surface area contributed by atoms with Gasteiger partial charge in [0.2, 0.25) is 0 Å². The fourth-order valence-electron chi connectivity index (χ4n) is 1.93. The largest absolute Gasteiger partial charge is 0.497 e. The summed E-state index contributed by atoms with van der Waals surface area (Å²) in [4.78, 5) is 18.2. The van der Waals surface area contributed by atoms with Crippen molar-refractivity contribution in [1.29, 1.82) is 0 Å². The molecule has 0 radical (unpaired) electrons. The Labute approximate surface area is 154 Å². The van der Waals surface area contributed by atoms with Crippen LogP contribution >= 0.6 is 15.9 Å². The van der Waals surface area contributed by atoms with Crippen LogP contribution in [0.5, 0.6) is 5.75 Å². The highest BCUT2D eigenvalue weighted by Crippen LogP contribution is 2.15. The molecule has 0 atom stereocenters. The van der Waals surface area contributed by atoms with Crippen LogP contribution in [-0.2, 0) is 22.6 Å². The molecule has 0 aliphatic heterocycles. The number of hydrogen-bond donors (Lipinski definition) is 3. The Morgan fingerprint density at radius 1 is 1.08 bits per heavy atom. The number of carboxylic acid groups (broad SMARTS) is 2. The second-order valence-corrected chi connectivity index (χ2v) is 5.83.